The van der Waals surface area contributed by atoms with Crippen LogP contribution in [-0.2, 0) is 4.79 Å². The molecule has 0 spiro atoms. The molecule has 14 heavy (non-hydrogen) atoms. The van der Waals surface area contributed by atoms with Crippen LogP contribution >= 0.6 is 27.7 Å². The van der Waals surface area contributed by atoms with Crippen molar-refractivity contribution in [1.82, 2.24) is 5.32 Å². The number of hydrogen-bond donors (Lipinski definition) is 1. The third-order valence-corrected chi connectivity index (χ3v) is 3.29. The first-order chi connectivity index (χ1) is 6.74. The van der Waals surface area contributed by atoms with Crippen LogP contribution in [0.3, 0.4) is 0 Å². The molecule has 0 aliphatic heterocycles. The first kappa shape index (κ1) is 14.3. The van der Waals surface area contributed by atoms with Gasteiger partial charge in [0.25, 0.3) is 0 Å². The van der Waals surface area contributed by atoms with Gasteiger partial charge >= 0.3 is 0 Å². The van der Waals surface area contributed by atoms with E-state index in [1.807, 2.05) is 6.26 Å². The Morgan fingerprint density at radius 2 is 2.29 bits per heavy atom. The van der Waals surface area contributed by atoms with E-state index < -0.39 is 0 Å². The lowest BCUT2D eigenvalue weighted by Crippen LogP contribution is -2.29. The maximum atomic E-state index is 11.3. The van der Waals surface area contributed by atoms with Crippen LogP contribution in [0.5, 0.6) is 0 Å². The number of carbonyl (C=O) groups is 1. The Balaban J connectivity index is 3.52. The maximum Gasteiger partial charge on any atom is 0.220 e. The predicted molar refractivity (Wildman–Crippen MR) is 68.2 cm³/mol. The molecule has 0 fully saturated rings. The number of carbonyl (C=O) groups excluding carboxylic acids is 1. The standard InChI is InChI=1S/C10H20BrNOS/c1-3-9(4-6-11)8-12-10(13)5-7-14-2/h9H,3-8H2,1-2H3,(H,12,13). The first-order valence-electron chi connectivity index (χ1n) is 5.06. The molecule has 0 heterocycles. The Kier molecular flexibility index (Phi) is 10.1. The van der Waals surface area contributed by atoms with Crippen molar-refractivity contribution in [2.24, 2.45) is 5.92 Å². The van der Waals surface area contributed by atoms with Gasteiger partial charge in [-0.25, -0.2) is 0 Å². The summed E-state index contributed by atoms with van der Waals surface area (Å²) in [6.07, 6.45) is 4.94. The third-order valence-electron chi connectivity index (χ3n) is 2.22. The zero-order valence-corrected chi connectivity index (χ0v) is 11.4. The number of hydrogen-bond acceptors (Lipinski definition) is 2. The summed E-state index contributed by atoms with van der Waals surface area (Å²) in [6.45, 7) is 3.00. The van der Waals surface area contributed by atoms with Crippen molar-refractivity contribution < 1.29 is 4.79 Å². The fourth-order valence-electron chi connectivity index (χ4n) is 1.15. The van der Waals surface area contributed by atoms with Gasteiger partial charge in [0.2, 0.25) is 5.91 Å². The fraction of sp³-hybridized carbons (Fsp3) is 0.900. The molecule has 1 amide bonds. The van der Waals surface area contributed by atoms with Crippen LogP contribution in [0.4, 0.5) is 0 Å². The molecular weight excluding hydrogens is 262 g/mol. The zero-order valence-electron chi connectivity index (χ0n) is 9.01. The van der Waals surface area contributed by atoms with Gasteiger partial charge in [0.1, 0.15) is 0 Å². The number of amides is 1. The van der Waals surface area contributed by atoms with E-state index in [2.05, 4.69) is 28.2 Å². The smallest absolute Gasteiger partial charge is 0.220 e. The summed E-state index contributed by atoms with van der Waals surface area (Å²) < 4.78 is 0. The number of alkyl halides is 1. The summed E-state index contributed by atoms with van der Waals surface area (Å²) in [6, 6.07) is 0. The highest BCUT2D eigenvalue weighted by atomic mass is 79.9. The van der Waals surface area contributed by atoms with Crippen molar-refractivity contribution >= 4 is 33.6 Å². The number of thioether (sulfide) groups is 1. The Hall–Kier alpha value is 0.300. The Bertz CT molecular complexity index is 155. The molecule has 4 heteroatoms. The number of halogens is 1. The van der Waals surface area contributed by atoms with Crippen LogP contribution < -0.4 is 5.32 Å². The molecule has 1 N–H and O–H groups in total. The van der Waals surface area contributed by atoms with E-state index in [1.165, 1.54) is 0 Å². The minimum atomic E-state index is 0.187. The number of rotatable bonds is 8. The molecular formula is C10H20BrNOS. The van der Waals surface area contributed by atoms with Crippen molar-refractivity contribution in [1.29, 1.82) is 0 Å². The Morgan fingerprint density at radius 3 is 2.79 bits per heavy atom. The van der Waals surface area contributed by atoms with Gasteiger partial charge in [-0.1, -0.05) is 29.3 Å². The number of nitrogens with one attached hydrogen (secondary N) is 1. The molecule has 0 bridgehead atoms. The van der Waals surface area contributed by atoms with E-state index in [9.17, 15) is 4.79 Å². The summed E-state index contributed by atoms with van der Waals surface area (Å²) >= 11 is 5.14. The highest BCUT2D eigenvalue weighted by Crippen LogP contribution is 2.08. The van der Waals surface area contributed by atoms with E-state index in [0.717, 1.165) is 30.5 Å². The zero-order chi connectivity index (χ0) is 10.8. The van der Waals surface area contributed by atoms with Crippen LogP contribution in [0.15, 0.2) is 0 Å². The monoisotopic (exact) mass is 281 g/mol. The molecule has 0 aliphatic carbocycles. The van der Waals surface area contributed by atoms with Crippen molar-refractivity contribution in [2.45, 2.75) is 26.2 Å². The van der Waals surface area contributed by atoms with Crippen molar-refractivity contribution in [3.63, 3.8) is 0 Å². The van der Waals surface area contributed by atoms with Gasteiger partial charge in [-0.05, 0) is 18.6 Å². The summed E-state index contributed by atoms with van der Waals surface area (Å²) in [7, 11) is 0. The second-order valence-electron chi connectivity index (χ2n) is 3.30. The van der Waals surface area contributed by atoms with Crippen molar-refractivity contribution in [3.05, 3.63) is 0 Å². The maximum absolute atomic E-state index is 11.3. The molecule has 0 aromatic heterocycles. The molecule has 0 saturated heterocycles. The lowest BCUT2D eigenvalue weighted by atomic mass is 10.0. The fourth-order valence-corrected chi connectivity index (χ4v) is 2.18. The Morgan fingerprint density at radius 1 is 1.57 bits per heavy atom. The van der Waals surface area contributed by atoms with Crippen LogP contribution in [-0.4, -0.2) is 29.8 Å². The van der Waals surface area contributed by atoms with Gasteiger partial charge in [0.15, 0.2) is 0 Å². The molecule has 0 radical (unpaired) electrons. The van der Waals surface area contributed by atoms with E-state index >= 15 is 0 Å². The van der Waals surface area contributed by atoms with E-state index in [1.54, 1.807) is 11.8 Å². The van der Waals surface area contributed by atoms with Crippen molar-refractivity contribution in [2.75, 3.05) is 23.9 Å². The molecule has 1 unspecified atom stereocenters. The van der Waals surface area contributed by atoms with Gasteiger partial charge in [-0.2, -0.15) is 11.8 Å². The third kappa shape index (κ3) is 7.68. The molecule has 84 valence electrons. The molecule has 0 rings (SSSR count). The van der Waals surface area contributed by atoms with Crippen LogP contribution in [0, 0.1) is 5.92 Å². The summed E-state index contributed by atoms with van der Waals surface area (Å²) in [4.78, 5) is 11.3. The largest absolute Gasteiger partial charge is 0.356 e. The van der Waals surface area contributed by atoms with Gasteiger partial charge in [-0.15, -0.1) is 0 Å². The molecule has 0 saturated carbocycles. The second-order valence-corrected chi connectivity index (χ2v) is 5.08. The molecule has 2 nitrogen and oxygen atoms in total. The SMILES string of the molecule is CCC(CCBr)CNC(=O)CCSC. The van der Waals surface area contributed by atoms with Crippen LogP contribution in [0.1, 0.15) is 26.2 Å². The molecule has 0 aromatic carbocycles. The average Bonchev–Trinajstić information content (AvgIpc) is 2.21. The van der Waals surface area contributed by atoms with Crippen LogP contribution in [0.25, 0.3) is 0 Å². The summed E-state index contributed by atoms with van der Waals surface area (Å²) in [5, 5.41) is 4.00. The van der Waals surface area contributed by atoms with Crippen LogP contribution in [0.2, 0.25) is 0 Å². The Labute approximate surface area is 99.7 Å². The first-order valence-corrected chi connectivity index (χ1v) is 7.57. The lowest BCUT2D eigenvalue weighted by molar-refractivity contribution is -0.120. The minimum Gasteiger partial charge on any atom is -0.356 e. The topological polar surface area (TPSA) is 29.1 Å². The van der Waals surface area contributed by atoms with Gasteiger partial charge in [0, 0.05) is 24.0 Å². The van der Waals surface area contributed by atoms with E-state index in [0.29, 0.717) is 12.3 Å². The second kappa shape index (κ2) is 9.84. The van der Waals surface area contributed by atoms with Gasteiger partial charge in [0.05, 0.1) is 0 Å². The van der Waals surface area contributed by atoms with Crippen molar-refractivity contribution in [3.8, 4) is 0 Å². The normalized spacial score (nSPS) is 12.5. The lowest BCUT2D eigenvalue weighted by Gasteiger charge is -2.13. The predicted octanol–water partition coefficient (Wildman–Crippen LogP) is 2.67. The molecule has 0 aromatic rings. The summed E-state index contributed by atoms with van der Waals surface area (Å²) in [5.41, 5.74) is 0. The van der Waals surface area contributed by atoms with E-state index in [4.69, 9.17) is 0 Å². The average molecular weight is 282 g/mol. The quantitative estimate of drug-likeness (QED) is 0.693. The van der Waals surface area contributed by atoms with Gasteiger partial charge in [-0.3, -0.25) is 4.79 Å². The highest BCUT2D eigenvalue weighted by Gasteiger charge is 2.07. The molecule has 1 atom stereocenters. The summed E-state index contributed by atoms with van der Waals surface area (Å²) in [5.74, 6) is 1.72. The molecule has 0 aliphatic rings. The van der Waals surface area contributed by atoms with E-state index in [-0.39, 0.29) is 5.91 Å². The van der Waals surface area contributed by atoms with Gasteiger partial charge < -0.3 is 5.32 Å². The highest BCUT2D eigenvalue weighted by molar-refractivity contribution is 9.09. The minimum absolute atomic E-state index is 0.187.